The van der Waals surface area contributed by atoms with Crippen molar-refractivity contribution in [3.05, 3.63) is 12.2 Å². The van der Waals surface area contributed by atoms with Crippen LogP contribution < -0.4 is 21.3 Å². The van der Waals surface area contributed by atoms with E-state index >= 15 is 9.59 Å². The highest BCUT2D eigenvalue weighted by molar-refractivity contribution is 5.99. The summed E-state index contributed by atoms with van der Waals surface area (Å²) in [5, 5.41) is 23.2. The summed E-state index contributed by atoms with van der Waals surface area (Å²) in [6.45, 7) is 29.2. The zero-order valence-corrected chi connectivity index (χ0v) is 56.1. The SMILES string of the molecule is C/C=C/C[C@@H](C)[C@@H](O)[C@H]1C(=O)N[C@@H](CC)C(=O)N(C)CC(=O)N(C)[C@@H](C(C)CC)C(=O)N[C@@H](C(C)C)C(=O)N(C)[C@@H](C)C(=O)N[C@@H](CC(C)C)C(=O)N[C@H](C)C(=O)N(C)[C@@H](CC(C)C)C(=O)N(C)[C@H](CC(C)C)C(=O)N(C)[C@@H](C(C)C)C(=O)N1C. The first kappa shape index (κ1) is 76.9. The van der Waals surface area contributed by atoms with E-state index in [0.717, 1.165) is 9.80 Å². The molecule has 13 atom stereocenters. The third kappa shape index (κ3) is 21.1. The first-order valence-corrected chi connectivity index (χ1v) is 30.6. The molecule has 0 aromatic heterocycles. The Morgan fingerprint density at radius 2 is 0.965 bits per heavy atom. The Morgan fingerprint density at radius 1 is 0.494 bits per heavy atom. The Balaban J connectivity index is 4.33. The summed E-state index contributed by atoms with van der Waals surface area (Å²) in [5.74, 6) is -10.0. The summed E-state index contributed by atoms with van der Waals surface area (Å²) in [6, 6.07) is -12.3. The Labute approximate surface area is 508 Å². The van der Waals surface area contributed by atoms with Gasteiger partial charge in [-0.2, -0.15) is 0 Å². The quantitative estimate of drug-likeness (QED) is 0.148. The molecule has 1 heterocycles. The normalized spacial score (nSPS) is 27.2. The first-order chi connectivity index (χ1) is 39.3. The summed E-state index contributed by atoms with van der Waals surface area (Å²) in [7, 11) is 9.89. The van der Waals surface area contributed by atoms with E-state index in [9.17, 15) is 48.3 Å². The van der Waals surface area contributed by atoms with Crippen molar-refractivity contribution >= 4 is 65.0 Å². The summed E-state index contributed by atoms with van der Waals surface area (Å²) >= 11 is 0. The fourth-order valence-corrected chi connectivity index (χ4v) is 10.7. The van der Waals surface area contributed by atoms with Gasteiger partial charge in [-0.15, -0.1) is 0 Å². The van der Waals surface area contributed by atoms with Gasteiger partial charge in [-0.1, -0.05) is 116 Å². The fourth-order valence-electron chi connectivity index (χ4n) is 10.7. The van der Waals surface area contributed by atoms with Gasteiger partial charge in [-0.05, 0) is 94.3 Å². The van der Waals surface area contributed by atoms with Gasteiger partial charge < -0.3 is 60.7 Å². The lowest BCUT2D eigenvalue weighted by Gasteiger charge is -2.41. The van der Waals surface area contributed by atoms with Crippen LogP contribution >= 0.6 is 0 Å². The monoisotopic (exact) mass is 1200 g/mol. The minimum atomic E-state index is -1.61. The molecule has 1 aliphatic heterocycles. The van der Waals surface area contributed by atoms with Crippen LogP contribution in [0, 0.1) is 41.4 Å². The number of carbonyl (C=O) groups excluding carboxylic acids is 11. The van der Waals surface area contributed by atoms with Crippen molar-refractivity contribution in [3.8, 4) is 0 Å². The number of likely N-dealkylation sites (N-methyl/N-ethyl adjacent to an activating group) is 7. The molecule has 0 aromatic carbocycles. The maximum Gasteiger partial charge on any atom is 0.246 e. The predicted octanol–water partition coefficient (Wildman–Crippen LogP) is 3.27. The third-order valence-corrected chi connectivity index (χ3v) is 16.6. The van der Waals surface area contributed by atoms with Crippen molar-refractivity contribution in [3.63, 3.8) is 0 Å². The van der Waals surface area contributed by atoms with Crippen LogP contribution in [0.25, 0.3) is 0 Å². The van der Waals surface area contributed by atoms with Gasteiger partial charge in [0, 0.05) is 49.3 Å². The zero-order chi connectivity index (χ0) is 66.0. The molecular weight excluding hydrogens is 1090 g/mol. The maximum atomic E-state index is 15.1. The Morgan fingerprint density at radius 3 is 1.42 bits per heavy atom. The minimum Gasteiger partial charge on any atom is -0.390 e. The first-order valence-electron chi connectivity index (χ1n) is 30.6. The number of allylic oxidation sites excluding steroid dienone is 2. The van der Waals surface area contributed by atoms with Crippen LogP contribution in [0.3, 0.4) is 0 Å². The molecule has 0 radical (unpaired) electrons. The van der Waals surface area contributed by atoms with Gasteiger partial charge in [0.15, 0.2) is 0 Å². The lowest BCUT2D eigenvalue weighted by Crippen LogP contribution is -2.63. The van der Waals surface area contributed by atoms with Crippen LogP contribution in [0.1, 0.15) is 156 Å². The van der Waals surface area contributed by atoms with Gasteiger partial charge in [0.05, 0.1) is 12.6 Å². The average Bonchev–Trinajstić information content (AvgIpc) is 3.34. The number of hydrogen-bond acceptors (Lipinski definition) is 12. The van der Waals surface area contributed by atoms with Crippen molar-refractivity contribution in [1.82, 2.24) is 55.6 Å². The number of hydrogen-bond donors (Lipinski definition) is 5. The van der Waals surface area contributed by atoms with E-state index in [4.69, 9.17) is 0 Å². The topological polar surface area (TPSA) is 279 Å². The number of nitrogens with one attached hydrogen (secondary N) is 4. The molecule has 1 aliphatic rings. The fraction of sp³-hybridized carbons (Fsp3) is 0.790. The molecule has 23 heteroatoms. The molecule has 0 bridgehead atoms. The molecule has 23 nitrogen and oxygen atoms in total. The number of nitrogens with zero attached hydrogens (tertiary/aromatic N) is 7. The molecule has 0 saturated carbocycles. The summed E-state index contributed by atoms with van der Waals surface area (Å²) in [6.07, 6.45) is 3.29. The molecule has 0 spiro atoms. The van der Waals surface area contributed by atoms with Crippen molar-refractivity contribution in [2.75, 3.05) is 55.9 Å². The smallest absolute Gasteiger partial charge is 0.246 e. The lowest BCUT2D eigenvalue weighted by atomic mass is 9.91. The van der Waals surface area contributed by atoms with Crippen LogP contribution in [0.15, 0.2) is 12.2 Å². The highest BCUT2D eigenvalue weighted by atomic mass is 16.3. The van der Waals surface area contributed by atoms with E-state index in [1.807, 2.05) is 54.5 Å². The Hall–Kier alpha value is -6.13. The van der Waals surface area contributed by atoms with Gasteiger partial charge in [-0.25, -0.2) is 0 Å². The highest BCUT2D eigenvalue weighted by Crippen LogP contribution is 2.26. The van der Waals surface area contributed by atoms with Gasteiger partial charge in [0.25, 0.3) is 0 Å². The molecule has 1 fully saturated rings. The predicted molar refractivity (Wildman–Crippen MR) is 328 cm³/mol. The van der Waals surface area contributed by atoms with E-state index < -0.39 is 162 Å². The number of rotatable bonds is 15. The standard InChI is InChI=1S/C62H111N11O12/c1-25-28-29-40(15)52(75)51-56(79)64-43(27-3)58(81)67(18)33-47(74)71(22)50(39(14)26-2)55(78)66-48(37(10)11)61(84)68(19)42(17)53(76)65-44(30-34(4)5)54(77)63-41(16)57(80)69(20)45(31-35(6)7)59(82)70(21)46(32-36(8)9)60(83)72(23)49(38(12)13)62(85)73(51)24/h25,28,34-46,48-52,75H,26-27,29-33H2,1-24H3,(H,63,77)(H,64,79)(H,65,76)(H,66,78)/b28-25+/t39?,40-,41-,42+,43+,44+,45+,46-,48+,49+,50+,51+,52-/m1/s1. The van der Waals surface area contributed by atoms with Crippen LogP contribution in [-0.2, 0) is 52.7 Å². The van der Waals surface area contributed by atoms with Crippen LogP contribution in [-0.4, -0.2) is 227 Å². The van der Waals surface area contributed by atoms with Gasteiger partial charge in [0.2, 0.25) is 65.0 Å². The molecule has 5 N–H and O–H groups in total. The van der Waals surface area contributed by atoms with Crippen molar-refractivity contribution in [2.45, 2.75) is 223 Å². The second kappa shape index (κ2) is 34.9. The van der Waals surface area contributed by atoms with Gasteiger partial charge in [0.1, 0.15) is 60.4 Å². The molecule has 11 amide bonds. The van der Waals surface area contributed by atoms with Crippen molar-refractivity contribution in [2.24, 2.45) is 41.4 Å². The van der Waals surface area contributed by atoms with Crippen LogP contribution in [0.5, 0.6) is 0 Å². The molecule has 1 unspecified atom stereocenters. The molecule has 0 aliphatic carbocycles. The largest absolute Gasteiger partial charge is 0.390 e. The summed E-state index contributed by atoms with van der Waals surface area (Å²) in [5.41, 5.74) is 0. The number of aliphatic hydroxyl groups is 1. The van der Waals surface area contributed by atoms with E-state index in [0.29, 0.717) is 12.8 Å². The molecule has 1 rings (SSSR count). The van der Waals surface area contributed by atoms with E-state index in [1.165, 1.54) is 87.7 Å². The van der Waals surface area contributed by atoms with Gasteiger partial charge in [-0.3, -0.25) is 52.7 Å². The molecule has 85 heavy (non-hydrogen) atoms. The van der Waals surface area contributed by atoms with Crippen molar-refractivity contribution in [1.29, 1.82) is 0 Å². The van der Waals surface area contributed by atoms with E-state index in [-0.39, 0.29) is 43.4 Å². The van der Waals surface area contributed by atoms with E-state index in [1.54, 1.807) is 61.5 Å². The average molecular weight is 1200 g/mol. The van der Waals surface area contributed by atoms with E-state index in [2.05, 4.69) is 21.3 Å². The molecule has 0 aromatic rings. The van der Waals surface area contributed by atoms with Gasteiger partial charge >= 0.3 is 0 Å². The van der Waals surface area contributed by atoms with Crippen LogP contribution in [0.2, 0.25) is 0 Å². The van der Waals surface area contributed by atoms with Crippen molar-refractivity contribution < 1.29 is 57.8 Å². The number of carbonyl (C=O) groups is 11. The Kier molecular flexibility index (Phi) is 31.5. The van der Waals surface area contributed by atoms with Crippen LogP contribution in [0.4, 0.5) is 0 Å². The summed E-state index contributed by atoms with van der Waals surface area (Å²) in [4.78, 5) is 169. The number of amides is 11. The maximum absolute atomic E-state index is 15.1. The third-order valence-electron chi connectivity index (χ3n) is 16.6. The summed E-state index contributed by atoms with van der Waals surface area (Å²) < 4.78 is 0. The highest BCUT2D eigenvalue weighted by Gasteiger charge is 2.46. The number of aliphatic hydroxyl groups excluding tert-OH is 1. The molecular formula is C62H111N11O12. The minimum absolute atomic E-state index is 0.0225. The molecule has 1 saturated heterocycles. The zero-order valence-electron chi connectivity index (χ0n) is 56.1. The Bertz CT molecular complexity index is 2330. The molecule has 486 valence electrons. The second-order valence-corrected chi connectivity index (χ2v) is 25.8. The second-order valence-electron chi connectivity index (χ2n) is 25.8. The lowest BCUT2D eigenvalue weighted by molar-refractivity contribution is -0.157.